The molecule has 1 atom stereocenters. The van der Waals surface area contributed by atoms with Gasteiger partial charge in [-0.05, 0) is 39.2 Å². The van der Waals surface area contributed by atoms with Crippen LogP contribution in [0.5, 0.6) is 0 Å². The van der Waals surface area contributed by atoms with E-state index in [1.54, 1.807) is 11.8 Å². The average Bonchev–Trinajstić information content (AvgIpc) is 1.98. The predicted molar refractivity (Wildman–Crippen MR) is 59.3 cm³/mol. The van der Waals surface area contributed by atoms with Crippen molar-refractivity contribution in [1.82, 2.24) is 10.6 Å². The first-order valence-electron chi connectivity index (χ1n) is 4.62. The molecule has 4 heteroatoms. The van der Waals surface area contributed by atoms with Crippen molar-refractivity contribution in [3.8, 4) is 0 Å². The van der Waals surface area contributed by atoms with Gasteiger partial charge in [-0.2, -0.15) is 11.8 Å². The highest BCUT2D eigenvalue weighted by Crippen LogP contribution is 1.99. The van der Waals surface area contributed by atoms with Gasteiger partial charge in [0, 0.05) is 12.1 Å². The smallest absolute Gasteiger partial charge is 0.315 e. The van der Waals surface area contributed by atoms with Crippen LogP contribution >= 0.6 is 11.8 Å². The second-order valence-corrected chi connectivity index (χ2v) is 4.44. The van der Waals surface area contributed by atoms with Crippen molar-refractivity contribution in [3.63, 3.8) is 0 Å². The molecule has 0 aromatic heterocycles. The van der Waals surface area contributed by atoms with E-state index in [1.807, 2.05) is 20.8 Å². The van der Waals surface area contributed by atoms with E-state index in [4.69, 9.17) is 0 Å². The van der Waals surface area contributed by atoms with Gasteiger partial charge in [0.1, 0.15) is 0 Å². The van der Waals surface area contributed by atoms with Gasteiger partial charge in [-0.1, -0.05) is 0 Å². The Morgan fingerprint density at radius 3 is 2.38 bits per heavy atom. The third kappa shape index (κ3) is 7.96. The summed E-state index contributed by atoms with van der Waals surface area (Å²) < 4.78 is 0. The Labute approximate surface area is 85.0 Å². The molecule has 0 heterocycles. The maximum atomic E-state index is 11.2. The van der Waals surface area contributed by atoms with Gasteiger partial charge in [0.25, 0.3) is 0 Å². The molecule has 0 radical (unpaired) electrons. The molecule has 3 nitrogen and oxygen atoms in total. The number of carbonyl (C=O) groups excluding carboxylic acids is 1. The lowest BCUT2D eigenvalue weighted by molar-refractivity contribution is 0.235. The molecule has 13 heavy (non-hydrogen) atoms. The SMILES string of the molecule is CSCCC(C)NC(=O)NC(C)C. The molecule has 0 fully saturated rings. The highest BCUT2D eigenvalue weighted by Gasteiger charge is 2.06. The molecule has 2 amide bonds. The molecule has 0 rings (SSSR count). The van der Waals surface area contributed by atoms with Crippen molar-refractivity contribution >= 4 is 17.8 Å². The van der Waals surface area contributed by atoms with Crippen LogP contribution in [-0.2, 0) is 0 Å². The van der Waals surface area contributed by atoms with Crippen LogP contribution in [0, 0.1) is 0 Å². The second-order valence-electron chi connectivity index (χ2n) is 3.46. The maximum Gasteiger partial charge on any atom is 0.315 e. The first kappa shape index (κ1) is 12.6. The number of hydrogen-bond acceptors (Lipinski definition) is 2. The lowest BCUT2D eigenvalue weighted by Gasteiger charge is -2.15. The summed E-state index contributed by atoms with van der Waals surface area (Å²) in [7, 11) is 0. The molecule has 0 aliphatic heterocycles. The quantitative estimate of drug-likeness (QED) is 0.717. The summed E-state index contributed by atoms with van der Waals surface area (Å²) in [6.45, 7) is 5.93. The lowest BCUT2D eigenvalue weighted by Crippen LogP contribution is -2.43. The molecule has 0 saturated carbocycles. The van der Waals surface area contributed by atoms with Crippen LogP contribution in [0.25, 0.3) is 0 Å². The van der Waals surface area contributed by atoms with Gasteiger partial charge in [-0.15, -0.1) is 0 Å². The monoisotopic (exact) mass is 204 g/mol. The first-order valence-corrected chi connectivity index (χ1v) is 6.01. The Kier molecular flexibility index (Phi) is 6.86. The Hall–Kier alpha value is -0.380. The van der Waals surface area contributed by atoms with Crippen LogP contribution in [0.1, 0.15) is 27.2 Å². The third-order valence-electron chi connectivity index (χ3n) is 1.55. The van der Waals surface area contributed by atoms with Crippen molar-refractivity contribution in [2.45, 2.75) is 39.3 Å². The van der Waals surface area contributed by atoms with Gasteiger partial charge in [-0.3, -0.25) is 0 Å². The number of rotatable bonds is 5. The Bertz CT molecular complexity index is 151. The van der Waals surface area contributed by atoms with E-state index < -0.39 is 0 Å². The molecular formula is C9H20N2OS. The van der Waals surface area contributed by atoms with E-state index in [9.17, 15) is 4.79 Å². The highest BCUT2D eigenvalue weighted by molar-refractivity contribution is 7.98. The van der Waals surface area contributed by atoms with E-state index in [0.29, 0.717) is 0 Å². The van der Waals surface area contributed by atoms with Crippen molar-refractivity contribution in [1.29, 1.82) is 0 Å². The van der Waals surface area contributed by atoms with Gasteiger partial charge in [-0.25, -0.2) is 4.79 Å². The van der Waals surface area contributed by atoms with Crippen LogP contribution in [0.2, 0.25) is 0 Å². The molecule has 0 bridgehead atoms. The number of amides is 2. The van der Waals surface area contributed by atoms with Crippen LogP contribution in [-0.4, -0.2) is 30.1 Å². The number of thioether (sulfide) groups is 1. The first-order chi connectivity index (χ1) is 6.06. The van der Waals surface area contributed by atoms with E-state index in [1.165, 1.54) is 0 Å². The summed E-state index contributed by atoms with van der Waals surface area (Å²) in [5.74, 6) is 1.09. The normalized spacial score (nSPS) is 12.7. The fraction of sp³-hybridized carbons (Fsp3) is 0.889. The van der Waals surface area contributed by atoms with E-state index in [2.05, 4.69) is 16.9 Å². The Balaban J connectivity index is 3.53. The summed E-state index contributed by atoms with van der Waals surface area (Å²) in [4.78, 5) is 11.2. The van der Waals surface area contributed by atoms with E-state index in [-0.39, 0.29) is 18.1 Å². The molecule has 0 spiro atoms. The minimum absolute atomic E-state index is 0.0661. The van der Waals surface area contributed by atoms with Gasteiger partial charge >= 0.3 is 6.03 Å². The zero-order valence-electron chi connectivity index (χ0n) is 8.89. The fourth-order valence-electron chi connectivity index (χ4n) is 0.894. The molecule has 0 aliphatic rings. The number of hydrogen-bond donors (Lipinski definition) is 2. The fourth-order valence-corrected chi connectivity index (χ4v) is 1.48. The minimum atomic E-state index is -0.0661. The summed E-state index contributed by atoms with van der Waals surface area (Å²) in [6.07, 6.45) is 3.09. The van der Waals surface area contributed by atoms with Gasteiger partial charge in [0.05, 0.1) is 0 Å². The van der Waals surface area contributed by atoms with Crippen molar-refractivity contribution in [2.24, 2.45) is 0 Å². The van der Waals surface area contributed by atoms with Crippen LogP contribution < -0.4 is 10.6 Å². The zero-order valence-corrected chi connectivity index (χ0v) is 9.70. The number of nitrogens with one attached hydrogen (secondary N) is 2. The topological polar surface area (TPSA) is 41.1 Å². The second kappa shape index (κ2) is 7.06. The van der Waals surface area contributed by atoms with E-state index >= 15 is 0 Å². The molecule has 0 aromatic rings. The molecule has 0 saturated heterocycles. The standard InChI is InChI=1S/C9H20N2OS/c1-7(2)10-9(12)11-8(3)5-6-13-4/h7-8H,5-6H2,1-4H3,(H2,10,11,12). The minimum Gasteiger partial charge on any atom is -0.336 e. The molecule has 1 unspecified atom stereocenters. The largest absolute Gasteiger partial charge is 0.336 e. The van der Waals surface area contributed by atoms with E-state index in [0.717, 1.165) is 12.2 Å². The molecule has 0 aliphatic carbocycles. The third-order valence-corrected chi connectivity index (χ3v) is 2.20. The predicted octanol–water partition coefficient (Wildman–Crippen LogP) is 1.84. The van der Waals surface area contributed by atoms with Gasteiger partial charge in [0.2, 0.25) is 0 Å². The number of urea groups is 1. The van der Waals surface area contributed by atoms with Crippen molar-refractivity contribution < 1.29 is 4.79 Å². The molecule has 0 aromatic carbocycles. The summed E-state index contributed by atoms with van der Waals surface area (Å²) >= 11 is 1.80. The van der Waals surface area contributed by atoms with Crippen molar-refractivity contribution in [2.75, 3.05) is 12.0 Å². The van der Waals surface area contributed by atoms with Crippen LogP contribution in [0.4, 0.5) is 4.79 Å². The lowest BCUT2D eigenvalue weighted by atomic mass is 10.3. The zero-order chi connectivity index (χ0) is 10.3. The van der Waals surface area contributed by atoms with Crippen LogP contribution in [0.3, 0.4) is 0 Å². The Morgan fingerprint density at radius 2 is 1.92 bits per heavy atom. The molecule has 2 N–H and O–H groups in total. The number of carbonyl (C=O) groups is 1. The highest BCUT2D eigenvalue weighted by atomic mass is 32.2. The summed E-state index contributed by atoms with van der Waals surface area (Å²) in [5.41, 5.74) is 0. The van der Waals surface area contributed by atoms with Crippen LogP contribution in [0.15, 0.2) is 0 Å². The summed E-state index contributed by atoms with van der Waals surface area (Å²) in [6, 6.07) is 0.391. The van der Waals surface area contributed by atoms with Gasteiger partial charge in [0.15, 0.2) is 0 Å². The summed E-state index contributed by atoms with van der Waals surface area (Å²) in [5, 5.41) is 5.68. The van der Waals surface area contributed by atoms with Gasteiger partial charge < -0.3 is 10.6 Å². The average molecular weight is 204 g/mol. The molecule has 78 valence electrons. The molecular weight excluding hydrogens is 184 g/mol. The Morgan fingerprint density at radius 1 is 1.31 bits per heavy atom. The maximum absolute atomic E-state index is 11.2. The van der Waals surface area contributed by atoms with Crippen molar-refractivity contribution in [3.05, 3.63) is 0 Å².